The number of hydrogen-bond acceptors (Lipinski definition) is 1. The summed E-state index contributed by atoms with van der Waals surface area (Å²) in [5, 5.41) is 0.541. The van der Waals surface area contributed by atoms with E-state index in [-0.39, 0.29) is 5.56 Å². The first-order valence-electron chi connectivity index (χ1n) is 6.04. The quantitative estimate of drug-likeness (QED) is 0.880. The molecule has 2 N–H and O–H groups in total. The SMILES string of the molecule is NC(Cc1cccc(Cl)c1)c1ccccc1C(F)(F)F. The van der Waals surface area contributed by atoms with Crippen LogP contribution >= 0.6 is 11.6 Å². The van der Waals surface area contributed by atoms with Gasteiger partial charge in [0, 0.05) is 11.1 Å². The molecule has 0 spiro atoms. The van der Waals surface area contributed by atoms with Crippen LogP contribution in [0.25, 0.3) is 0 Å². The Morgan fingerprint density at radius 1 is 1.05 bits per heavy atom. The highest BCUT2D eigenvalue weighted by Crippen LogP contribution is 2.34. The van der Waals surface area contributed by atoms with Gasteiger partial charge >= 0.3 is 6.18 Å². The van der Waals surface area contributed by atoms with Crippen LogP contribution < -0.4 is 5.73 Å². The number of rotatable bonds is 3. The Balaban J connectivity index is 2.28. The highest BCUT2D eigenvalue weighted by atomic mass is 35.5. The van der Waals surface area contributed by atoms with Crippen molar-refractivity contribution >= 4 is 11.6 Å². The summed E-state index contributed by atoms with van der Waals surface area (Å²) in [4.78, 5) is 0. The lowest BCUT2D eigenvalue weighted by Gasteiger charge is -2.18. The van der Waals surface area contributed by atoms with Crippen LogP contribution in [0.1, 0.15) is 22.7 Å². The number of hydrogen-bond donors (Lipinski definition) is 1. The van der Waals surface area contributed by atoms with Gasteiger partial charge in [-0.1, -0.05) is 41.9 Å². The van der Waals surface area contributed by atoms with Gasteiger partial charge in [-0.15, -0.1) is 0 Å². The van der Waals surface area contributed by atoms with E-state index in [0.29, 0.717) is 11.4 Å². The highest BCUT2D eigenvalue weighted by molar-refractivity contribution is 6.30. The topological polar surface area (TPSA) is 26.0 Å². The summed E-state index contributed by atoms with van der Waals surface area (Å²) < 4.78 is 38.8. The third kappa shape index (κ3) is 3.52. The molecule has 106 valence electrons. The molecule has 0 amide bonds. The molecule has 0 aliphatic carbocycles. The first-order valence-corrected chi connectivity index (χ1v) is 6.42. The molecule has 2 aromatic carbocycles. The molecular formula is C15H13ClF3N. The van der Waals surface area contributed by atoms with Gasteiger partial charge in [-0.3, -0.25) is 0 Å². The summed E-state index contributed by atoms with van der Waals surface area (Å²) in [5.74, 6) is 0. The van der Waals surface area contributed by atoms with Gasteiger partial charge in [-0.2, -0.15) is 13.2 Å². The van der Waals surface area contributed by atoms with Crippen LogP contribution in [0.5, 0.6) is 0 Å². The largest absolute Gasteiger partial charge is 0.416 e. The van der Waals surface area contributed by atoms with Gasteiger partial charge in [-0.25, -0.2) is 0 Å². The van der Waals surface area contributed by atoms with E-state index >= 15 is 0 Å². The number of benzene rings is 2. The number of nitrogens with two attached hydrogens (primary N) is 1. The van der Waals surface area contributed by atoms with Crippen LogP contribution in [0.3, 0.4) is 0 Å². The molecule has 0 radical (unpaired) electrons. The first-order chi connectivity index (χ1) is 9.38. The van der Waals surface area contributed by atoms with Crippen molar-refractivity contribution in [3.05, 3.63) is 70.2 Å². The fraction of sp³-hybridized carbons (Fsp3) is 0.200. The van der Waals surface area contributed by atoms with Crippen molar-refractivity contribution in [3.63, 3.8) is 0 Å². The fourth-order valence-electron chi connectivity index (χ4n) is 2.11. The van der Waals surface area contributed by atoms with Gasteiger partial charge in [0.05, 0.1) is 5.56 Å². The Kier molecular flexibility index (Phi) is 4.35. The smallest absolute Gasteiger partial charge is 0.324 e. The van der Waals surface area contributed by atoms with Gasteiger partial charge in [0.1, 0.15) is 0 Å². The van der Waals surface area contributed by atoms with Crippen molar-refractivity contribution in [2.45, 2.75) is 18.6 Å². The molecule has 0 fully saturated rings. The normalized spacial score (nSPS) is 13.2. The van der Waals surface area contributed by atoms with E-state index < -0.39 is 17.8 Å². The summed E-state index contributed by atoms with van der Waals surface area (Å²) in [6, 6.07) is 11.6. The van der Waals surface area contributed by atoms with E-state index in [4.69, 9.17) is 17.3 Å². The third-order valence-electron chi connectivity index (χ3n) is 3.01. The molecule has 5 heteroatoms. The fourth-order valence-corrected chi connectivity index (χ4v) is 2.32. The Bertz CT molecular complexity index is 596. The second-order valence-corrected chi connectivity index (χ2v) is 4.96. The lowest BCUT2D eigenvalue weighted by molar-refractivity contribution is -0.138. The summed E-state index contributed by atoms with van der Waals surface area (Å²) in [6.07, 6.45) is -4.10. The molecule has 0 saturated carbocycles. The molecule has 1 atom stereocenters. The van der Waals surface area contributed by atoms with E-state index in [1.165, 1.54) is 12.1 Å². The number of halogens is 4. The molecule has 0 bridgehead atoms. The predicted octanol–water partition coefficient (Wildman–Crippen LogP) is 4.60. The molecule has 0 aromatic heterocycles. The lowest BCUT2D eigenvalue weighted by Crippen LogP contribution is -2.19. The van der Waals surface area contributed by atoms with Crippen molar-refractivity contribution in [3.8, 4) is 0 Å². The lowest BCUT2D eigenvalue weighted by atomic mass is 9.95. The summed E-state index contributed by atoms with van der Waals surface area (Å²) in [6.45, 7) is 0. The molecule has 1 nitrogen and oxygen atoms in total. The van der Waals surface area contributed by atoms with Crippen molar-refractivity contribution in [1.82, 2.24) is 0 Å². The average Bonchev–Trinajstić information content (AvgIpc) is 2.37. The monoisotopic (exact) mass is 299 g/mol. The zero-order chi connectivity index (χ0) is 14.8. The van der Waals surface area contributed by atoms with Gasteiger partial charge in [0.25, 0.3) is 0 Å². The molecular weight excluding hydrogens is 287 g/mol. The Morgan fingerprint density at radius 3 is 2.40 bits per heavy atom. The van der Waals surface area contributed by atoms with E-state index in [0.717, 1.165) is 11.6 Å². The van der Waals surface area contributed by atoms with Crippen LogP contribution in [0, 0.1) is 0 Å². The second kappa shape index (κ2) is 5.85. The zero-order valence-corrected chi connectivity index (χ0v) is 11.2. The van der Waals surface area contributed by atoms with Gasteiger partial charge in [0.15, 0.2) is 0 Å². The molecule has 2 aromatic rings. The third-order valence-corrected chi connectivity index (χ3v) is 3.25. The van der Waals surface area contributed by atoms with Crippen LogP contribution in [0.15, 0.2) is 48.5 Å². The van der Waals surface area contributed by atoms with Gasteiger partial charge in [-0.05, 0) is 35.7 Å². The van der Waals surface area contributed by atoms with Crippen LogP contribution in [-0.2, 0) is 12.6 Å². The second-order valence-electron chi connectivity index (χ2n) is 4.53. The Hall–Kier alpha value is -1.52. The van der Waals surface area contributed by atoms with Gasteiger partial charge in [0.2, 0.25) is 0 Å². The van der Waals surface area contributed by atoms with Crippen LogP contribution in [-0.4, -0.2) is 0 Å². The summed E-state index contributed by atoms with van der Waals surface area (Å²) in [5.41, 5.74) is 6.15. The van der Waals surface area contributed by atoms with E-state index in [9.17, 15) is 13.2 Å². The molecule has 1 unspecified atom stereocenters. The first kappa shape index (κ1) is 14.9. The maximum absolute atomic E-state index is 12.9. The minimum absolute atomic E-state index is 0.0972. The summed E-state index contributed by atoms with van der Waals surface area (Å²) in [7, 11) is 0. The zero-order valence-electron chi connectivity index (χ0n) is 10.5. The van der Waals surface area contributed by atoms with Crippen molar-refractivity contribution in [1.29, 1.82) is 0 Å². The van der Waals surface area contributed by atoms with Gasteiger partial charge < -0.3 is 5.73 Å². The molecule has 0 heterocycles. The summed E-state index contributed by atoms with van der Waals surface area (Å²) >= 11 is 5.86. The van der Waals surface area contributed by atoms with E-state index in [2.05, 4.69) is 0 Å². The number of alkyl halides is 3. The van der Waals surface area contributed by atoms with Crippen molar-refractivity contribution in [2.75, 3.05) is 0 Å². The van der Waals surface area contributed by atoms with E-state index in [1.54, 1.807) is 30.3 Å². The van der Waals surface area contributed by atoms with E-state index in [1.807, 2.05) is 0 Å². The molecule has 0 aliphatic heterocycles. The van der Waals surface area contributed by atoms with Crippen LogP contribution in [0.2, 0.25) is 5.02 Å². The Labute approximate surface area is 120 Å². The standard InChI is InChI=1S/C15H13ClF3N/c16-11-5-3-4-10(8-11)9-14(20)12-6-1-2-7-13(12)15(17,18)19/h1-8,14H,9,20H2. The molecule has 0 aliphatic rings. The molecule has 20 heavy (non-hydrogen) atoms. The minimum atomic E-state index is -4.40. The van der Waals surface area contributed by atoms with Crippen LogP contribution in [0.4, 0.5) is 13.2 Å². The molecule has 0 saturated heterocycles. The molecule has 2 rings (SSSR count). The predicted molar refractivity (Wildman–Crippen MR) is 73.5 cm³/mol. The minimum Gasteiger partial charge on any atom is -0.324 e. The maximum atomic E-state index is 12.9. The maximum Gasteiger partial charge on any atom is 0.416 e. The Morgan fingerprint density at radius 2 is 1.75 bits per heavy atom. The highest BCUT2D eigenvalue weighted by Gasteiger charge is 2.34. The average molecular weight is 300 g/mol. The van der Waals surface area contributed by atoms with Crippen molar-refractivity contribution < 1.29 is 13.2 Å². The van der Waals surface area contributed by atoms with Crippen molar-refractivity contribution in [2.24, 2.45) is 5.73 Å².